The molecule has 0 radical (unpaired) electrons. The molecular weight excluding hydrogens is 264 g/mol. The fourth-order valence-electron chi connectivity index (χ4n) is 2.92. The molecule has 0 unspecified atom stereocenters. The molecule has 0 bridgehead atoms. The topological polar surface area (TPSA) is 64.7 Å². The predicted molar refractivity (Wildman–Crippen MR) is 73.4 cm³/mol. The molecule has 0 aromatic heterocycles. The van der Waals surface area contributed by atoms with Crippen molar-refractivity contribution in [1.29, 1.82) is 0 Å². The van der Waals surface area contributed by atoms with Crippen LogP contribution in [0, 0.1) is 0 Å². The van der Waals surface area contributed by atoms with E-state index in [4.69, 9.17) is 22.1 Å². The fraction of sp³-hybridized carbons (Fsp3) is 0.429. The van der Waals surface area contributed by atoms with Gasteiger partial charge in [0.15, 0.2) is 0 Å². The van der Waals surface area contributed by atoms with Crippen molar-refractivity contribution in [2.24, 2.45) is 10.7 Å². The van der Waals surface area contributed by atoms with Gasteiger partial charge in [-0.3, -0.25) is 9.79 Å². The maximum atomic E-state index is 11.3. The minimum absolute atomic E-state index is 0.0508. The van der Waals surface area contributed by atoms with Crippen LogP contribution in [0.1, 0.15) is 24.8 Å². The number of esters is 1. The van der Waals surface area contributed by atoms with Crippen LogP contribution in [0.2, 0.25) is 5.02 Å². The van der Waals surface area contributed by atoms with Gasteiger partial charge in [0, 0.05) is 5.02 Å². The van der Waals surface area contributed by atoms with Crippen molar-refractivity contribution in [3.8, 4) is 0 Å². The second-order valence-electron chi connectivity index (χ2n) is 5.02. The Kier molecular flexibility index (Phi) is 3.07. The third kappa shape index (κ3) is 2.05. The van der Waals surface area contributed by atoms with Gasteiger partial charge < -0.3 is 10.5 Å². The molecule has 1 aliphatic heterocycles. The molecule has 5 heteroatoms. The second-order valence-corrected chi connectivity index (χ2v) is 5.43. The number of ether oxygens (including phenoxy) is 1. The lowest BCUT2D eigenvalue weighted by atomic mass is 9.74. The van der Waals surface area contributed by atoms with Gasteiger partial charge in [-0.2, -0.15) is 0 Å². The van der Waals surface area contributed by atoms with Crippen molar-refractivity contribution in [3.05, 3.63) is 34.9 Å². The van der Waals surface area contributed by atoms with Crippen LogP contribution in [0.4, 0.5) is 0 Å². The summed E-state index contributed by atoms with van der Waals surface area (Å²) in [5.41, 5.74) is 7.47. The number of benzene rings is 1. The number of nitrogens with two attached hydrogens (primary N) is 1. The Balaban J connectivity index is 2.07. The second kappa shape index (κ2) is 4.62. The SMILES string of the molecule is N[C@@]1(c2ccccc2Cl)CCC[C@H]2OC(=O)CN=C21. The van der Waals surface area contributed by atoms with Crippen LogP contribution in [0.25, 0.3) is 0 Å². The Morgan fingerprint density at radius 3 is 3.00 bits per heavy atom. The molecule has 1 saturated carbocycles. The highest BCUT2D eigenvalue weighted by atomic mass is 35.5. The molecule has 100 valence electrons. The number of carbonyl (C=O) groups excluding carboxylic acids is 1. The summed E-state index contributed by atoms with van der Waals surface area (Å²) in [6, 6.07) is 7.53. The van der Waals surface area contributed by atoms with Gasteiger partial charge in [-0.05, 0) is 30.9 Å². The van der Waals surface area contributed by atoms with Gasteiger partial charge in [0.05, 0.1) is 11.3 Å². The molecule has 4 nitrogen and oxygen atoms in total. The molecule has 3 rings (SSSR count). The van der Waals surface area contributed by atoms with Crippen molar-refractivity contribution in [2.75, 3.05) is 6.54 Å². The highest BCUT2D eigenvalue weighted by molar-refractivity contribution is 6.32. The Hall–Kier alpha value is -1.39. The van der Waals surface area contributed by atoms with Gasteiger partial charge in [0.2, 0.25) is 0 Å². The van der Waals surface area contributed by atoms with Crippen LogP contribution in [-0.4, -0.2) is 24.3 Å². The molecule has 2 aliphatic rings. The molecule has 1 heterocycles. The number of fused-ring (bicyclic) bond motifs is 1. The van der Waals surface area contributed by atoms with Crippen molar-refractivity contribution in [1.82, 2.24) is 0 Å². The average molecular weight is 279 g/mol. The first-order valence-corrected chi connectivity index (χ1v) is 6.77. The van der Waals surface area contributed by atoms with Crippen molar-refractivity contribution >= 4 is 23.3 Å². The monoisotopic (exact) mass is 278 g/mol. The van der Waals surface area contributed by atoms with E-state index < -0.39 is 5.54 Å². The number of hydrogen-bond acceptors (Lipinski definition) is 4. The van der Waals surface area contributed by atoms with Crippen molar-refractivity contribution in [2.45, 2.75) is 30.9 Å². The van der Waals surface area contributed by atoms with Gasteiger partial charge in [-0.1, -0.05) is 29.8 Å². The lowest BCUT2D eigenvalue weighted by Crippen LogP contribution is -2.55. The molecule has 1 aliphatic carbocycles. The van der Waals surface area contributed by atoms with E-state index in [0.29, 0.717) is 5.02 Å². The maximum Gasteiger partial charge on any atom is 0.328 e. The molecule has 1 aromatic rings. The lowest BCUT2D eigenvalue weighted by molar-refractivity contribution is -0.146. The van der Waals surface area contributed by atoms with Gasteiger partial charge in [0.1, 0.15) is 12.6 Å². The molecule has 0 saturated heterocycles. The summed E-state index contributed by atoms with van der Waals surface area (Å²) in [5.74, 6) is -0.280. The quantitative estimate of drug-likeness (QED) is 0.800. The van der Waals surface area contributed by atoms with E-state index in [-0.39, 0.29) is 18.6 Å². The summed E-state index contributed by atoms with van der Waals surface area (Å²) >= 11 is 6.26. The van der Waals surface area contributed by atoms with Crippen LogP contribution in [-0.2, 0) is 15.1 Å². The Bertz CT molecular complexity index is 558. The number of rotatable bonds is 1. The largest absolute Gasteiger partial charge is 0.455 e. The first kappa shape index (κ1) is 12.6. The average Bonchev–Trinajstić information content (AvgIpc) is 2.39. The van der Waals surface area contributed by atoms with E-state index in [1.54, 1.807) is 0 Å². The predicted octanol–water partition coefficient (Wildman–Crippen LogP) is 2.04. The zero-order chi connectivity index (χ0) is 13.5. The summed E-state index contributed by atoms with van der Waals surface area (Å²) < 4.78 is 5.35. The number of hydrogen-bond donors (Lipinski definition) is 1. The molecule has 1 fully saturated rings. The van der Waals surface area contributed by atoms with E-state index in [1.807, 2.05) is 24.3 Å². The lowest BCUT2D eigenvalue weighted by Gasteiger charge is -2.41. The molecule has 0 amide bonds. The van der Waals surface area contributed by atoms with Crippen molar-refractivity contribution in [3.63, 3.8) is 0 Å². The smallest absolute Gasteiger partial charge is 0.328 e. The van der Waals surface area contributed by atoms with E-state index in [9.17, 15) is 4.79 Å². The molecule has 0 spiro atoms. The Morgan fingerprint density at radius 2 is 2.21 bits per heavy atom. The van der Waals surface area contributed by atoms with Gasteiger partial charge in [-0.15, -0.1) is 0 Å². The maximum absolute atomic E-state index is 11.3. The van der Waals surface area contributed by atoms with E-state index >= 15 is 0 Å². The Morgan fingerprint density at radius 1 is 1.42 bits per heavy atom. The normalized spacial score (nSPS) is 30.3. The van der Waals surface area contributed by atoms with Crippen LogP contribution in [0.15, 0.2) is 29.3 Å². The first-order valence-electron chi connectivity index (χ1n) is 6.39. The fourth-order valence-corrected chi connectivity index (χ4v) is 3.22. The highest BCUT2D eigenvalue weighted by Crippen LogP contribution is 2.38. The standard InChI is InChI=1S/C14H15ClN2O2/c15-10-5-2-1-4-9(10)14(16)7-3-6-11-13(14)17-8-12(18)19-11/h1-2,4-5,11H,3,6-8,16H2/t11-,14-/m1/s1. The molecule has 2 atom stereocenters. The summed E-state index contributed by atoms with van der Waals surface area (Å²) in [6.07, 6.45) is 2.15. The van der Waals surface area contributed by atoms with E-state index in [1.165, 1.54) is 0 Å². The van der Waals surface area contributed by atoms with Crippen molar-refractivity contribution < 1.29 is 9.53 Å². The number of nitrogens with zero attached hydrogens (tertiary/aromatic N) is 1. The zero-order valence-electron chi connectivity index (χ0n) is 10.4. The summed E-state index contributed by atoms with van der Waals surface area (Å²) in [6.45, 7) is 0.0508. The minimum atomic E-state index is -0.720. The first-order chi connectivity index (χ1) is 9.11. The number of aliphatic imine (C=N–C) groups is 1. The van der Waals surface area contributed by atoms with E-state index in [2.05, 4.69) is 4.99 Å². The zero-order valence-corrected chi connectivity index (χ0v) is 11.2. The molecule has 2 N–H and O–H groups in total. The van der Waals surface area contributed by atoms with E-state index in [0.717, 1.165) is 30.5 Å². The van der Waals surface area contributed by atoms with Crippen LogP contribution in [0.3, 0.4) is 0 Å². The molecule has 1 aromatic carbocycles. The third-order valence-electron chi connectivity index (χ3n) is 3.81. The summed E-state index contributed by atoms with van der Waals surface area (Å²) in [7, 11) is 0. The Labute approximate surface area is 116 Å². The third-order valence-corrected chi connectivity index (χ3v) is 4.14. The minimum Gasteiger partial charge on any atom is -0.455 e. The van der Waals surface area contributed by atoms with Gasteiger partial charge in [-0.25, -0.2) is 0 Å². The van der Waals surface area contributed by atoms with Crippen LogP contribution < -0.4 is 5.73 Å². The van der Waals surface area contributed by atoms with Gasteiger partial charge >= 0.3 is 5.97 Å². The highest BCUT2D eigenvalue weighted by Gasteiger charge is 2.45. The molecular formula is C14H15ClN2O2. The van der Waals surface area contributed by atoms with Crippen LogP contribution >= 0.6 is 11.6 Å². The summed E-state index contributed by atoms with van der Waals surface area (Å²) in [4.78, 5) is 15.7. The van der Waals surface area contributed by atoms with Crippen LogP contribution in [0.5, 0.6) is 0 Å². The summed E-state index contributed by atoms with van der Waals surface area (Å²) in [5, 5.41) is 0.630. The molecule has 19 heavy (non-hydrogen) atoms. The number of halogens is 1. The van der Waals surface area contributed by atoms with Gasteiger partial charge in [0.25, 0.3) is 0 Å². The number of carbonyl (C=O) groups is 1.